The summed E-state index contributed by atoms with van der Waals surface area (Å²) in [4.78, 5) is 60.6. The Morgan fingerprint density at radius 2 is 1.83 bits per heavy atom. The number of nitrogens with one attached hydrogen (secondary N) is 1. The molecule has 1 heterocycles. The van der Waals surface area contributed by atoms with Crippen LogP contribution in [0.1, 0.15) is 11.1 Å². The van der Waals surface area contributed by atoms with Gasteiger partial charge >= 0.3 is 5.97 Å². The van der Waals surface area contributed by atoms with Gasteiger partial charge in [0.2, 0.25) is 5.91 Å². The van der Waals surface area contributed by atoms with Crippen molar-refractivity contribution in [1.29, 1.82) is 0 Å². The first-order chi connectivity index (χ1) is 17.3. The van der Waals surface area contributed by atoms with E-state index in [-0.39, 0.29) is 24.0 Å². The molecule has 1 saturated heterocycles. The van der Waals surface area contributed by atoms with Gasteiger partial charge < -0.3 is 15.2 Å². The second kappa shape index (κ2) is 12.3. The number of esters is 1. The number of aliphatic hydroxyl groups excluding tert-OH is 1. The molecule has 2 atom stereocenters. The van der Waals surface area contributed by atoms with Crippen LogP contribution in [0.2, 0.25) is 0 Å². The number of ether oxygens (including phenoxy) is 1. The standard InChI is InChI=1S/C23H20BrN3O8S/c24-11-17(29)20(23(32)35-12-15-6-8-16(9-7-15)27(33)34)26-21(31)19(22(26)36-13-28)25-18(30)10-14-4-2-1-3-5-14/h1-9,13,19,22,29H,10-12H2,(H,25,30)/b20-17+. The average molecular weight is 578 g/mol. The topological polar surface area (TPSA) is 156 Å². The first-order valence-corrected chi connectivity index (χ1v) is 12.5. The van der Waals surface area contributed by atoms with Crippen LogP contribution in [0.4, 0.5) is 5.69 Å². The SMILES string of the molecule is O=CSC1C(NC(=O)Cc2ccccc2)C(=O)N1/C(C(=O)OCc1ccc([N+](=O)[O-])cc1)=C(/O)CBr. The van der Waals surface area contributed by atoms with E-state index in [1.807, 2.05) is 0 Å². The highest BCUT2D eigenvalue weighted by Crippen LogP contribution is 2.34. The number of halogens is 1. The van der Waals surface area contributed by atoms with Crippen LogP contribution in [0, 0.1) is 10.1 Å². The third-order valence-electron chi connectivity index (χ3n) is 5.11. The van der Waals surface area contributed by atoms with Gasteiger partial charge in [0.25, 0.3) is 11.6 Å². The van der Waals surface area contributed by atoms with E-state index in [0.29, 0.717) is 22.9 Å². The minimum atomic E-state index is -1.10. The highest BCUT2D eigenvalue weighted by Gasteiger charge is 2.52. The molecule has 2 amide bonds. The highest BCUT2D eigenvalue weighted by molar-refractivity contribution is 9.09. The summed E-state index contributed by atoms with van der Waals surface area (Å²) in [7, 11) is 0. The maximum Gasteiger partial charge on any atom is 0.358 e. The Morgan fingerprint density at radius 3 is 2.42 bits per heavy atom. The zero-order valence-electron chi connectivity index (χ0n) is 18.5. The number of thioether (sulfide) groups is 1. The predicted molar refractivity (Wildman–Crippen MR) is 133 cm³/mol. The van der Waals surface area contributed by atoms with E-state index in [4.69, 9.17) is 4.74 Å². The number of β-lactam (4-membered cyclic amide) rings is 1. The summed E-state index contributed by atoms with van der Waals surface area (Å²) in [5.41, 5.74) is 1.01. The highest BCUT2D eigenvalue weighted by atomic mass is 79.9. The lowest BCUT2D eigenvalue weighted by atomic mass is 10.0. The Hall–Kier alpha value is -3.71. The number of aliphatic hydroxyl groups is 1. The van der Waals surface area contributed by atoms with E-state index >= 15 is 0 Å². The van der Waals surface area contributed by atoms with Crippen LogP contribution in [0.5, 0.6) is 0 Å². The lowest BCUT2D eigenvalue weighted by Gasteiger charge is -2.45. The van der Waals surface area contributed by atoms with Crippen LogP contribution < -0.4 is 5.32 Å². The summed E-state index contributed by atoms with van der Waals surface area (Å²) in [5, 5.41) is 22.5. The Labute approximate surface area is 217 Å². The van der Waals surface area contributed by atoms with Gasteiger partial charge in [0.1, 0.15) is 23.8 Å². The summed E-state index contributed by atoms with van der Waals surface area (Å²) < 4.78 is 5.21. The molecule has 0 saturated carbocycles. The van der Waals surface area contributed by atoms with E-state index in [9.17, 15) is 34.4 Å². The van der Waals surface area contributed by atoms with Crippen LogP contribution in [0.25, 0.3) is 0 Å². The monoisotopic (exact) mass is 577 g/mol. The van der Waals surface area contributed by atoms with Gasteiger partial charge in [0.15, 0.2) is 11.3 Å². The second-order valence-corrected chi connectivity index (χ2v) is 8.98. The molecule has 0 aliphatic carbocycles. The number of hydrogen-bond donors (Lipinski definition) is 2. The van der Waals surface area contributed by atoms with Gasteiger partial charge in [0, 0.05) is 12.1 Å². The van der Waals surface area contributed by atoms with Gasteiger partial charge in [-0.2, -0.15) is 0 Å². The summed E-state index contributed by atoms with van der Waals surface area (Å²) in [5.74, 6) is -2.72. The number of nitro groups is 1. The quantitative estimate of drug-likeness (QED) is 0.0598. The molecule has 0 aromatic heterocycles. The third kappa shape index (κ3) is 6.29. The summed E-state index contributed by atoms with van der Waals surface area (Å²) in [6.07, 6.45) is 0.00964. The molecule has 2 aromatic rings. The zero-order valence-corrected chi connectivity index (χ0v) is 20.9. The molecule has 0 radical (unpaired) electrons. The maximum atomic E-state index is 12.9. The molecule has 2 N–H and O–H groups in total. The minimum Gasteiger partial charge on any atom is -0.509 e. The van der Waals surface area contributed by atoms with Gasteiger partial charge in [0.05, 0.1) is 16.7 Å². The van der Waals surface area contributed by atoms with Crippen LogP contribution >= 0.6 is 27.7 Å². The second-order valence-electron chi connectivity index (χ2n) is 7.47. The third-order valence-corrected chi connectivity index (χ3v) is 6.52. The summed E-state index contributed by atoms with van der Waals surface area (Å²) >= 11 is 3.69. The molecule has 1 aliphatic rings. The molecule has 11 nitrogen and oxygen atoms in total. The van der Waals surface area contributed by atoms with Crippen LogP contribution in [0.15, 0.2) is 66.1 Å². The number of likely N-dealkylation sites (tertiary alicyclic amines) is 1. The molecule has 188 valence electrons. The van der Waals surface area contributed by atoms with E-state index < -0.39 is 45.6 Å². The van der Waals surface area contributed by atoms with Crippen molar-refractivity contribution in [2.24, 2.45) is 0 Å². The maximum absolute atomic E-state index is 12.9. The van der Waals surface area contributed by atoms with Crippen molar-refractivity contribution < 1.29 is 33.9 Å². The molecule has 36 heavy (non-hydrogen) atoms. The first kappa shape index (κ1) is 26.9. The number of nitro benzene ring substituents is 1. The van der Waals surface area contributed by atoms with Gasteiger partial charge in [-0.25, -0.2) is 4.79 Å². The Bertz CT molecular complexity index is 1190. The molecule has 2 unspecified atom stereocenters. The van der Waals surface area contributed by atoms with Gasteiger partial charge in [-0.05, 0) is 23.3 Å². The summed E-state index contributed by atoms with van der Waals surface area (Å²) in [6, 6.07) is 13.0. The van der Waals surface area contributed by atoms with Crippen molar-refractivity contribution in [1.82, 2.24) is 10.2 Å². The number of amides is 2. The van der Waals surface area contributed by atoms with Crippen molar-refractivity contribution >= 4 is 56.8 Å². The van der Waals surface area contributed by atoms with Crippen molar-refractivity contribution in [3.05, 3.63) is 87.3 Å². The van der Waals surface area contributed by atoms with Crippen molar-refractivity contribution in [2.75, 3.05) is 5.33 Å². The normalized spacial score (nSPS) is 17.5. The molecule has 3 rings (SSSR count). The van der Waals surface area contributed by atoms with E-state index in [1.54, 1.807) is 30.3 Å². The number of rotatable bonds is 11. The van der Waals surface area contributed by atoms with E-state index in [2.05, 4.69) is 21.2 Å². The summed E-state index contributed by atoms with van der Waals surface area (Å²) in [6.45, 7) is -0.291. The molecular weight excluding hydrogens is 558 g/mol. The zero-order chi connectivity index (χ0) is 26.2. The fourth-order valence-corrected chi connectivity index (χ4v) is 4.44. The van der Waals surface area contributed by atoms with E-state index in [0.717, 1.165) is 10.5 Å². The number of hydrogen-bond acceptors (Lipinski definition) is 9. The van der Waals surface area contributed by atoms with Gasteiger partial charge in [-0.15, -0.1) is 0 Å². The number of alkyl halides is 1. The smallest absolute Gasteiger partial charge is 0.358 e. The number of nitrogens with zero attached hydrogens (tertiary/aromatic N) is 2. The number of non-ortho nitro benzene ring substituents is 1. The van der Waals surface area contributed by atoms with E-state index in [1.165, 1.54) is 24.3 Å². The lowest BCUT2D eigenvalue weighted by Crippen LogP contribution is -2.69. The number of allylic oxidation sites excluding steroid dienone is 1. The first-order valence-electron chi connectivity index (χ1n) is 10.4. The fourth-order valence-electron chi connectivity index (χ4n) is 3.39. The van der Waals surface area contributed by atoms with Gasteiger partial charge in [-0.1, -0.05) is 58.0 Å². The molecule has 1 aliphatic heterocycles. The molecular formula is C23H20BrN3O8S. The molecule has 2 aromatic carbocycles. The van der Waals surface area contributed by atoms with Crippen molar-refractivity contribution in [3.63, 3.8) is 0 Å². The Morgan fingerprint density at radius 1 is 1.17 bits per heavy atom. The van der Waals surface area contributed by atoms with Crippen LogP contribution in [0.3, 0.4) is 0 Å². The molecule has 0 spiro atoms. The number of benzene rings is 2. The van der Waals surface area contributed by atoms with Crippen LogP contribution in [-0.4, -0.2) is 55.1 Å². The fraction of sp³-hybridized carbons (Fsp3) is 0.217. The molecule has 13 heteroatoms. The van der Waals surface area contributed by atoms with Crippen molar-refractivity contribution in [3.8, 4) is 0 Å². The van der Waals surface area contributed by atoms with Crippen molar-refractivity contribution in [2.45, 2.75) is 24.4 Å². The average Bonchev–Trinajstić information content (AvgIpc) is 2.88. The lowest BCUT2D eigenvalue weighted by molar-refractivity contribution is -0.384. The predicted octanol–water partition coefficient (Wildman–Crippen LogP) is 2.62. The molecule has 0 bridgehead atoms. The number of carbonyl (C=O) groups excluding carboxylic acids is 4. The van der Waals surface area contributed by atoms with Gasteiger partial charge in [-0.3, -0.25) is 29.4 Å². The minimum absolute atomic E-state index is 0.00964. The number of carbonyl (C=O) groups is 4. The molecule has 1 fully saturated rings. The Balaban J connectivity index is 1.72. The van der Waals surface area contributed by atoms with Crippen LogP contribution in [-0.2, 0) is 36.9 Å². The Kier molecular flexibility index (Phi) is 9.19. The largest absolute Gasteiger partial charge is 0.509 e.